The molecule has 2 aromatic carbocycles. The van der Waals surface area contributed by atoms with Crippen LogP contribution in [-0.2, 0) is 10.8 Å². The number of benzene rings is 2. The Bertz CT molecular complexity index is 637. The van der Waals surface area contributed by atoms with E-state index < -0.39 is 10.8 Å². The Hall–Kier alpha value is -1.45. The molecular weight excluding hydrogens is 266 g/mol. The molecule has 2 nitrogen and oxygen atoms in total. The molecule has 2 N–H and O–H groups in total. The lowest BCUT2D eigenvalue weighted by Crippen LogP contribution is -2.19. The molecule has 2 rings (SSSR count). The second kappa shape index (κ2) is 6.33. The van der Waals surface area contributed by atoms with Gasteiger partial charge in [0.1, 0.15) is 0 Å². The van der Waals surface area contributed by atoms with Crippen LogP contribution >= 0.6 is 0 Å². The molecule has 2 unspecified atom stereocenters. The Morgan fingerprint density at radius 3 is 2.40 bits per heavy atom. The molecule has 0 amide bonds. The topological polar surface area (TPSA) is 43.1 Å². The van der Waals surface area contributed by atoms with E-state index in [4.69, 9.17) is 5.73 Å². The SMILES string of the molecule is Cc1ccc(C(N)CS(=O)c2ccccc2C)c(C)c1. The third-order valence-electron chi connectivity index (χ3n) is 3.49. The van der Waals surface area contributed by atoms with Crippen LogP contribution in [0, 0.1) is 20.8 Å². The minimum Gasteiger partial charge on any atom is -0.323 e. The lowest BCUT2D eigenvalue weighted by Gasteiger charge is -2.15. The Kier molecular flexibility index (Phi) is 4.73. The van der Waals surface area contributed by atoms with Gasteiger partial charge in [-0.3, -0.25) is 4.21 Å². The summed E-state index contributed by atoms with van der Waals surface area (Å²) >= 11 is 0. The number of aryl methyl sites for hydroxylation is 3. The van der Waals surface area contributed by atoms with Crippen molar-refractivity contribution in [3.05, 3.63) is 64.7 Å². The molecule has 0 aliphatic heterocycles. The van der Waals surface area contributed by atoms with Crippen LogP contribution in [0.3, 0.4) is 0 Å². The molecule has 0 bridgehead atoms. The second-order valence-corrected chi connectivity index (χ2v) is 6.71. The summed E-state index contributed by atoms with van der Waals surface area (Å²) in [6.45, 7) is 6.10. The monoisotopic (exact) mass is 287 g/mol. The van der Waals surface area contributed by atoms with Crippen LogP contribution in [0.1, 0.15) is 28.3 Å². The lowest BCUT2D eigenvalue weighted by molar-refractivity contribution is 0.674. The van der Waals surface area contributed by atoms with E-state index in [1.807, 2.05) is 37.3 Å². The van der Waals surface area contributed by atoms with Crippen LogP contribution in [0.4, 0.5) is 0 Å². The highest BCUT2D eigenvalue weighted by Crippen LogP contribution is 2.21. The lowest BCUT2D eigenvalue weighted by atomic mass is 10.0. The van der Waals surface area contributed by atoms with Crippen molar-refractivity contribution >= 4 is 10.8 Å². The van der Waals surface area contributed by atoms with E-state index in [0.717, 1.165) is 16.0 Å². The van der Waals surface area contributed by atoms with Gasteiger partial charge in [0.15, 0.2) is 0 Å². The highest BCUT2D eigenvalue weighted by Gasteiger charge is 2.15. The van der Waals surface area contributed by atoms with Gasteiger partial charge < -0.3 is 5.73 Å². The van der Waals surface area contributed by atoms with Crippen LogP contribution in [0.5, 0.6) is 0 Å². The molecule has 0 saturated carbocycles. The van der Waals surface area contributed by atoms with Gasteiger partial charge in [0.25, 0.3) is 0 Å². The largest absolute Gasteiger partial charge is 0.323 e. The van der Waals surface area contributed by atoms with Gasteiger partial charge in [-0.25, -0.2) is 0 Å². The average Bonchev–Trinajstić information content (AvgIpc) is 2.38. The van der Waals surface area contributed by atoms with Crippen molar-refractivity contribution in [2.45, 2.75) is 31.7 Å². The van der Waals surface area contributed by atoms with Crippen molar-refractivity contribution in [3.8, 4) is 0 Å². The first-order valence-electron chi connectivity index (χ1n) is 6.76. The number of rotatable bonds is 4. The molecule has 0 aromatic heterocycles. The Balaban J connectivity index is 2.17. The van der Waals surface area contributed by atoms with Crippen LogP contribution in [0.2, 0.25) is 0 Å². The molecule has 0 aliphatic rings. The van der Waals surface area contributed by atoms with Gasteiger partial charge in [-0.2, -0.15) is 0 Å². The summed E-state index contributed by atoms with van der Waals surface area (Å²) in [6.07, 6.45) is 0. The summed E-state index contributed by atoms with van der Waals surface area (Å²) in [5.41, 5.74) is 10.8. The summed E-state index contributed by atoms with van der Waals surface area (Å²) in [7, 11) is -1.06. The molecule has 3 heteroatoms. The van der Waals surface area contributed by atoms with Crippen LogP contribution < -0.4 is 5.73 Å². The van der Waals surface area contributed by atoms with Gasteiger partial charge >= 0.3 is 0 Å². The maximum Gasteiger partial charge on any atom is 0.0551 e. The summed E-state index contributed by atoms with van der Waals surface area (Å²) in [6, 6.07) is 13.8. The fourth-order valence-corrected chi connectivity index (χ4v) is 3.74. The zero-order valence-electron chi connectivity index (χ0n) is 12.2. The van der Waals surface area contributed by atoms with Crippen molar-refractivity contribution in [1.82, 2.24) is 0 Å². The average molecular weight is 287 g/mol. The van der Waals surface area contributed by atoms with Gasteiger partial charge in [0.05, 0.1) is 10.8 Å². The van der Waals surface area contributed by atoms with Gasteiger partial charge in [0, 0.05) is 16.7 Å². The van der Waals surface area contributed by atoms with Crippen LogP contribution in [-0.4, -0.2) is 9.96 Å². The Morgan fingerprint density at radius 2 is 1.75 bits per heavy atom. The van der Waals surface area contributed by atoms with Crippen molar-refractivity contribution in [3.63, 3.8) is 0 Å². The first-order valence-corrected chi connectivity index (χ1v) is 8.07. The van der Waals surface area contributed by atoms with Crippen molar-refractivity contribution in [2.75, 3.05) is 5.75 Å². The highest BCUT2D eigenvalue weighted by molar-refractivity contribution is 7.85. The minimum atomic E-state index is -1.06. The van der Waals surface area contributed by atoms with Gasteiger partial charge in [-0.1, -0.05) is 42.0 Å². The minimum absolute atomic E-state index is 0.198. The quantitative estimate of drug-likeness (QED) is 0.936. The van der Waals surface area contributed by atoms with Crippen molar-refractivity contribution in [1.29, 1.82) is 0 Å². The van der Waals surface area contributed by atoms with E-state index in [9.17, 15) is 4.21 Å². The number of hydrogen-bond donors (Lipinski definition) is 1. The van der Waals surface area contributed by atoms with E-state index in [1.165, 1.54) is 11.1 Å². The zero-order valence-corrected chi connectivity index (χ0v) is 13.0. The molecule has 0 spiro atoms. The normalized spacial score (nSPS) is 14.0. The fourth-order valence-electron chi connectivity index (χ4n) is 2.40. The number of nitrogens with two attached hydrogens (primary N) is 1. The maximum atomic E-state index is 12.5. The third-order valence-corrected chi connectivity index (χ3v) is 5.11. The van der Waals surface area contributed by atoms with E-state index in [-0.39, 0.29) is 6.04 Å². The van der Waals surface area contributed by atoms with E-state index in [2.05, 4.69) is 26.0 Å². The maximum absolute atomic E-state index is 12.5. The molecule has 2 atom stereocenters. The summed E-state index contributed by atoms with van der Waals surface area (Å²) in [5, 5.41) is 0. The zero-order chi connectivity index (χ0) is 14.7. The van der Waals surface area contributed by atoms with Gasteiger partial charge in [-0.05, 0) is 43.5 Å². The molecular formula is C17H21NOS. The highest BCUT2D eigenvalue weighted by atomic mass is 32.2. The predicted octanol–water partition coefficient (Wildman–Crippen LogP) is 3.42. The molecule has 20 heavy (non-hydrogen) atoms. The first kappa shape index (κ1) is 14.9. The molecule has 2 aromatic rings. The molecule has 0 fully saturated rings. The summed E-state index contributed by atoms with van der Waals surface area (Å²) < 4.78 is 12.5. The van der Waals surface area contributed by atoms with Crippen LogP contribution in [0.25, 0.3) is 0 Å². The van der Waals surface area contributed by atoms with Gasteiger partial charge in [0.2, 0.25) is 0 Å². The second-order valence-electron chi connectivity index (χ2n) is 5.24. The summed E-state index contributed by atoms with van der Waals surface area (Å²) in [4.78, 5) is 0.882. The molecule has 0 aliphatic carbocycles. The van der Waals surface area contributed by atoms with Gasteiger partial charge in [-0.15, -0.1) is 0 Å². The van der Waals surface area contributed by atoms with E-state index >= 15 is 0 Å². The third kappa shape index (κ3) is 3.35. The Labute approximate surface area is 123 Å². The fraction of sp³-hybridized carbons (Fsp3) is 0.294. The smallest absolute Gasteiger partial charge is 0.0551 e. The molecule has 106 valence electrons. The Morgan fingerprint density at radius 1 is 1.05 bits per heavy atom. The molecule has 0 saturated heterocycles. The van der Waals surface area contributed by atoms with E-state index in [1.54, 1.807) is 0 Å². The molecule has 0 radical (unpaired) electrons. The predicted molar refractivity (Wildman–Crippen MR) is 85.3 cm³/mol. The van der Waals surface area contributed by atoms with E-state index in [0.29, 0.717) is 5.75 Å². The van der Waals surface area contributed by atoms with Crippen molar-refractivity contribution in [2.24, 2.45) is 5.73 Å². The summed E-state index contributed by atoms with van der Waals surface area (Å²) in [5.74, 6) is 0.453. The number of hydrogen-bond acceptors (Lipinski definition) is 2. The van der Waals surface area contributed by atoms with Crippen LogP contribution in [0.15, 0.2) is 47.4 Å². The molecule has 0 heterocycles. The first-order chi connectivity index (χ1) is 9.49. The van der Waals surface area contributed by atoms with Crippen molar-refractivity contribution < 1.29 is 4.21 Å². The standard InChI is InChI=1S/C17H21NOS/c1-12-8-9-15(14(3)10-12)16(18)11-20(19)17-7-5-4-6-13(17)2/h4-10,16H,11,18H2,1-3H3.